The third-order valence-electron chi connectivity index (χ3n) is 3.16. The van der Waals surface area contributed by atoms with Gasteiger partial charge in [-0.1, -0.05) is 35.3 Å². The number of para-hydroxylation sites is 1. The van der Waals surface area contributed by atoms with Crippen molar-refractivity contribution in [2.24, 2.45) is 0 Å². The first kappa shape index (κ1) is 15.1. The van der Waals surface area contributed by atoms with Gasteiger partial charge in [0.1, 0.15) is 0 Å². The van der Waals surface area contributed by atoms with Crippen LogP contribution in [0.4, 0.5) is 5.69 Å². The number of nitrogens with zero attached hydrogens (tertiary/aromatic N) is 1. The first-order valence-electron chi connectivity index (χ1n) is 6.18. The summed E-state index contributed by atoms with van der Waals surface area (Å²) in [6, 6.07) is 9.60. The third kappa shape index (κ3) is 2.52. The van der Waals surface area contributed by atoms with Gasteiger partial charge in [-0.15, -0.1) is 0 Å². The molecular formula is C15H9Cl2NO3S. The average Bonchev–Trinajstić information content (AvgIpc) is 2.52. The molecule has 0 aliphatic carbocycles. The van der Waals surface area contributed by atoms with E-state index in [1.807, 2.05) is 0 Å². The molecule has 1 aliphatic rings. The van der Waals surface area contributed by atoms with Crippen molar-refractivity contribution in [1.82, 2.24) is 0 Å². The monoisotopic (exact) mass is 353 g/mol. The first-order valence-corrected chi connectivity index (χ1v) is 8.15. The standard InChI is InChI=1S/C15H9Cl2NO3S/c16-10-7-9(8-11(17)14(10)19)15(20)18-5-6-22(21)13-4-2-1-3-12(13)18/h1-8,19H. The van der Waals surface area contributed by atoms with Gasteiger partial charge in [0.25, 0.3) is 5.91 Å². The summed E-state index contributed by atoms with van der Waals surface area (Å²) >= 11 is 11.7. The Balaban J connectivity index is 2.07. The van der Waals surface area contributed by atoms with E-state index in [0.717, 1.165) is 0 Å². The van der Waals surface area contributed by atoms with Crippen LogP contribution < -0.4 is 4.90 Å². The lowest BCUT2D eigenvalue weighted by Gasteiger charge is -2.24. The van der Waals surface area contributed by atoms with Gasteiger partial charge in [0, 0.05) is 17.2 Å². The number of aromatic hydroxyl groups is 1. The molecule has 0 radical (unpaired) electrons. The number of phenols is 1. The summed E-state index contributed by atoms with van der Waals surface area (Å²) in [5.41, 5.74) is 0.758. The Morgan fingerprint density at radius 1 is 1.14 bits per heavy atom. The minimum absolute atomic E-state index is 0.00583. The molecule has 0 aromatic heterocycles. The molecule has 2 aromatic rings. The number of carbonyl (C=O) groups is 1. The number of benzene rings is 2. The van der Waals surface area contributed by atoms with Crippen LogP contribution in [-0.4, -0.2) is 15.2 Å². The summed E-state index contributed by atoms with van der Waals surface area (Å²) in [4.78, 5) is 14.6. The molecule has 2 aromatic carbocycles. The summed E-state index contributed by atoms with van der Waals surface area (Å²) in [6.45, 7) is 0. The van der Waals surface area contributed by atoms with Crippen LogP contribution in [0.1, 0.15) is 10.4 Å². The quantitative estimate of drug-likeness (QED) is 0.844. The Morgan fingerprint density at radius 2 is 1.77 bits per heavy atom. The molecule has 7 heteroatoms. The van der Waals surface area contributed by atoms with Gasteiger partial charge >= 0.3 is 0 Å². The molecule has 22 heavy (non-hydrogen) atoms. The lowest BCUT2D eigenvalue weighted by Crippen LogP contribution is -2.28. The Kier molecular flexibility index (Phi) is 3.95. The van der Waals surface area contributed by atoms with Crippen molar-refractivity contribution >= 4 is 45.6 Å². The number of hydrogen-bond donors (Lipinski definition) is 1. The lowest BCUT2D eigenvalue weighted by molar-refractivity contribution is 0.0997. The van der Waals surface area contributed by atoms with Crippen molar-refractivity contribution in [3.63, 3.8) is 0 Å². The molecule has 1 heterocycles. The van der Waals surface area contributed by atoms with Crippen LogP contribution in [-0.2, 0) is 10.8 Å². The summed E-state index contributed by atoms with van der Waals surface area (Å²) in [6.07, 6.45) is 1.45. The number of halogens is 2. The van der Waals surface area contributed by atoms with E-state index < -0.39 is 10.8 Å². The molecule has 4 nitrogen and oxygen atoms in total. The molecule has 0 spiro atoms. The number of hydrogen-bond acceptors (Lipinski definition) is 3. The van der Waals surface area contributed by atoms with E-state index in [4.69, 9.17) is 23.2 Å². The number of phenolic OH excluding ortho intramolecular Hbond substituents is 1. The summed E-state index contributed by atoms with van der Waals surface area (Å²) in [7, 11) is -1.29. The maximum Gasteiger partial charge on any atom is 0.262 e. The van der Waals surface area contributed by atoms with Gasteiger partial charge in [-0.25, -0.2) is 4.21 Å². The highest BCUT2D eigenvalue weighted by Gasteiger charge is 2.24. The topological polar surface area (TPSA) is 57.6 Å². The zero-order chi connectivity index (χ0) is 15.9. The molecular weight excluding hydrogens is 345 g/mol. The number of carbonyl (C=O) groups excluding carboxylic acids is 1. The average molecular weight is 354 g/mol. The largest absolute Gasteiger partial charge is 0.505 e. The second-order valence-corrected chi connectivity index (χ2v) is 6.64. The predicted molar refractivity (Wildman–Crippen MR) is 86.9 cm³/mol. The molecule has 1 unspecified atom stereocenters. The zero-order valence-corrected chi connectivity index (χ0v) is 13.3. The smallest absolute Gasteiger partial charge is 0.262 e. The molecule has 112 valence electrons. The van der Waals surface area contributed by atoms with E-state index in [2.05, 4.69) is 0 Å². The predicted octanol–water partition coefficient (Wildman–Crippen LogP) is 3.94. The van der Waals surface area contributed by atoms with Crippen LogP contribution in [0.15, 0.2) is 52.9 Å². The second kappa shape index (κ2) is 5.76. The van der Waals surface area contributed by atoms with Crippen LogP contribution in [0.2, 0.25) is 10.0 Å². The van der Waals surface area contributed by atoms with E-state index in [1.54, 1.807) is 24.3 Å². The fraction of sp³-hybridized carbons (Fsp3) is 0. The van der Waals surface area contributed by atoms with Gasteiger partial charge in [-0.05, 0) is 24.3 Å². The van der Waals surface area contributed by atoms with E-state index in [9.17, 15) is 14.1 Å². The molecule has 3 rings (SSSR count). The van der Waals surface area contributed by atoms with Gasteiger partial charge in [0.2, 0.25) is 0 Å². The highest BCUT2D eigenvalue weighted by atomic mass is 35.5. The normalized spacial score (nSPS) is 16.5. The van der Waals surface area contributed by atoms with Gasteiger partial charge in [-0.2, -0.15) is 0 Å². The molecule has 1 atom stereocenters. The highest BCUT2D eigenvalue weighted by Crippen LogP contribution is 2.35. The number of fused-ring (bicyclic) bond motifs is 1. The maximum absolute atomic E-state index is 12.7. The Hall–Kier alpha value is -1.82. The van der Waals surface area contributed by atoms with Crippen LogP contribution in [0, 0.1) is 0 Å². The fourth-order valence-electron chi connectivity index (χ4n) is 2.10. The van der Waals surface area contributed by atoms with Crippen molar-refractivity contribution in [2.75, 3.05) is 4.90 Å². The highest BCUT2D eigenvalue weighted by molar-refractivity contribution is 7.88. The molecule has 0 saturated heterocycles. The second-order valence-electron chi connectivity index (χ2n) is 4.51. The molecule has 1 N–H and O–H groups in total. The van der Waals surface area contributed by atoms with Crippen LogP contribution in [0.25, 0.3) is 0 Å². The van der Waals surface area contributed by atoms with Crippen LogP contribution >= 0.6 is 23.2 Å². The third-order valence-corrected chi connectivity index (χ3v) is 4.88. The maximum atomic E-state index is 12.7. The summed E-state index contributed by atoms with van der Waals surface area (Å²) in [5.74, 6) is -0.653. The molecule has 1 amide bonds. The lowest BCUT2D eigenvalue weighted by atomic mass is 10.1. The molecule has 1 aliphatic heterocycles. The van der Waals surface area contributed by atoms with Gasteiger partial charge in [-0.3, -0.25) is 9.69 Å². The first-order chi connectivity index (χ1) is 10.5. The number of amides is 1. The van der Waals surface area contributed by atoms with Crippen molar-refractivity contribution in [1.29, 1.82) is 0 Å². The summed E-state index contributed by atoms with van der Waals surface area (Å²) in [5, 5.41) is 11.0. The van der Waals surface area contributed by atoms with Crippen molar-refractivity contribution in [3.05, 3.63) is 63.6 Å². The SMILES string of the molecule is O=C(c1cc(Cl)c(O)c(Cl)c1)N1C=CS(=O)c2ccccc21. The number of rotatable bonds is 1. The van der Waals surface area contributed by atoms with Gasteiger partial charge in [0.15, 0.2) is 5.75 Å². The Morgan fingerprint density at radius 3 is 2.45 bits per heavy atom. The van der Waals surface area contributed by atoms with E-state index in [-0.39, 0.29) is 27.3 Å². The van der Waals surface area contributed by atoms with Crippen LogP contribution in [0.3, 0.4) is 0 Å². The minimum atomic E-state index is -1.29. The minimum Gasteiger partial charge on any atom is -0.505 e. The van der Waals surface area contributed by atoms with E-state index >= 15 is 0 Å². The van der Waals surface area contributed by atoms with E-state index in [0.29, 0.717) is 10.6 Å². The fourth-order valence-corrected chi connectivity index (χ4v) is 3.55. The number of anilines is 1. The summed E-state index contributed by atoms with van der Waals surface area (Å²) < 4.78 is 12.0. The van der Waals surface area contributed by atoms with Crippen molar-refractivity contribution in [3.8, 4) is 5.75 Å². The molecule has 0 bridgehead atoms. The Labute approximate surface area is 139 Å². The van der Waals surface area contributed by atoms with E-state index in [1.165, 1.54) is 28.6 Å². The Bertz CT molecular complexity index is 812. The molecule has 0 saturated carbocycles. The van der Waals surface area contributed by atoms with Crippen LogP contribution in [0.5, 0.6) is 5.75 Å². The van der Waals surface area contributed by atoms with Crippen molar-refractivity contribution < 1.29 is 14.1 Å². The van der Waals surface area contributed by atoms with Crippen molar-refractivity contribution in [2.45, 2.75) is 4.90 Å². The molecule has 0 fully saturated rings. The zero-order valence-electron chi connectivity index (χ0n) is 11.0. The van der Waals surface area contributed by atoms with Gasteiger partial charge < -0.3 is 5.11 Å². The van der Waals surface area contributed by atoms with Gasteiger partial charge in [0.05, 0.1) is 31.4 Å².